The van der Waals surface area contributed by atoms with Crippen LogP contribution < -0.4 is 5.73 Å². The molecule has 0 saturated carbocycles. The number of hydrogen-bond donors (Lipinski definition) is 2. The van der Waals surface area contributed by atoms with Crippen LogP contribution in [-0.2, 0) is 10.2 Å². The van der Waals surface area contributed by atoms with Crippen molar-refractivity contribution in [3.8, 4) is 0 Å². The minimum atomic E-state index is -1.12. The van der Waals surface area contributed by atoms with Crippen molar-refractivity contribution in [3.05, 3.63) is 71.8 Å². The van der Waals surface area contributed by atoms with Crippen LogP contribution in [0.15, 0.2) is 65.7 Å². The van der Waals surface area contributed by atoms with Gasteiger partial charge in [-0.3, -0.25) is 9.79 Å². The van der Waals surface area contributed by atoms with Crippen LogP contribution in [-0.4, -0.2) is 23.5 Å². The normalized spacial score (nSPS) is 11.6. The van der Waals surface area contributed by atoms with Crippen molar-refractivity contribution in [2.45, 2.75) is 18.8 Å². The van der Waals surface area contributed by atoms with Gasteiger partial charge >= 0.3 is 5.97 Å². The summed E-state index contributed by atoms with van der Waals surface area (Å²) in [7, 11) is 0. The van der Waals surface area contributed by atoms with Gasteiger partial charge in [0.2, 0.25) is 0 Å². The van der Waals surface area contributed by atoms with Crippen LogP contribution in [0.25, 0.3) is 0 Å². The van der Waals surface area contributed by atoms with Crippen LogP contribution >= 0.6 is 17.0 Å². The Morgan fingerprint density at radius 3 is 1.83 bits per heavy atom. The zero-order valence-corrected chi connectivity index (χ0v) is 14.7. The Morgan fingerprint density at radius 2 is 1.48 bits per heavy atom. The number of aliphatic imine (C=N–C) groups is 1. The Morgan fingerprint density at radius 1 is 1.04 bits per heavy atom. The number of aliphatic carboxylic acids is 1. The zero-order chi connectivity index (χ0) is 16.0. The van der Waals surface area contributed by atoms with E-state index in [0.717, 1.165) is 11.1 Å². The number of nitrogens with zero attached hydrogens (tertiary/aromatic N) is 1. The van der Waals surface area contributed by atoms with Crippen molar-refractivity contribution in [3.63, 3.8) is 0 Å². The number of carbonyl (C=O) groups is 1. The molecule has 0 amide bonds. The second kappa shape index (κ2) is 8.48. The summed E-state index contributed by atoms with van der Waals surface area (Å²) in [5.41, 5.74) is 5.95. The fourth-order valence-electron chi connectivity index (χ4n) is 2.65. The first-order chi connectivity index (χ1) is 10.6. The lowest BCUT2D eigenvalue weighted by atomic mass is 9.72. The lowest BCUT2D eigenvalue weighted by Crippen LogP contribution is -2.38. The van der Waals surface area contributed by atoms with E-state index in [0.29, 0.717) is 18.8 Å². The van der Waals surface area contributed by atoms with Gasteiger partial charge in [-0.15, -0.1) is 17.0 Å². The molecule has 0 radical (unpaired) electrons. The largest absolute Gasteiger partial charge is 0.480 e. The van der Waals surface area contributed by atoms with E-state index in [1.54, 1.807) is 6.92 Å². The number of halogens is 1. The maximum Gasteiger partial charge on any atom is 0.318 e. The van der Waals surface area contributed by atoms with Gasteiger partial charge in [-0.1, -0.05) is 60.7 Å². The summed E-state index contributed by atoms with van der Waals surface area (Å²) in [5.74, 6) is -0.421. The molecule has 0 atom stereocenters. The molecule has 0 aromatic heterocycles. The van der Waals surface area contributed by atoms with E-state index in [9.17, 15) is 9.90 Å². The van der Waals surface area contributed by atoms with Gasteiger partial charge in [-0.05, 0) is 24.5 Å². The number of carboxylic acids is 1. The van der Waals surface area contributed by atoms with Crippen molar-refractivity contribution >= 4 is 28.8 Å². The average molecular weight is 377 g/mol. The molecule has 2 rings (SSSR count). The van der Waals surface area contributed by atoms with E-state index < -0.39 is 11.4 Å². The van der Waals surface area contributed by atoms with Gasteiger partial charge in [0, 0.05) is 6.54 Å². The Kier molecular flexibility index (Phi) is 6.97. The number of hydrogen-bond acceptors (Lipinski definition) is 2. The minimum absolute atomic E-state index is 0. The topological polar surface area (TPSA) is 75.7 Å². The lowest BCUT2D eigenvalue weighted by molar-refractivity contribution is -0.142. The van der Waals surface area contributed by atoms with Crippen LogP contribution in [0, 0.1) is 0 Å². The maximum absolute atomic E-state index is 12.2. The molecular weight excluding hydrogens is 356 g/mol. The highest BCUT2D eigenvalue weighted by molar-refractivity contribution is 8.93. The first kappa shape index (κ1) is 18.9. The highest BCUT2D eigenvalue weighted by Gasteiger charge is 2.41. The van der Waals surface area contributed by atoms with Gasteiger partial charge in [-0.2, -0.15) is 0 Å². The van der Waals surface area contributed by atoms with Gasteiger partial charge in [0.15, 0.2) is 0 Å². The van der Waals surface area contributed by atoms with E-state index in [-0.39, 0.29) is 17.0 Å². The monoisotopic (exact) mass is 376 g/mol. The smallest absolute Gasteiger partial charge is 0.318 e. The Balaban J connectivity index is 0.00000264. The Labute approximate surface area is 146 Å². The number of carboxylic acid groups (broad SMARTS) is 1. The van der Waals surface area contributed by atoms with Crippen LogP contribution in [0.2, 0.25) is 0 Å². The molecule has 0 aliphatic heterocycles. The quantitative estimate of drug-likeness (QED) is 0.599. The van der Waals surface area contributed by atoms with Crippen molar-refractivity contribution in [1.29, 1.82) is 0 Å². The summed E-state index contributed by atoms with van der Waals surface area (Å²) in [6.07, 6.45) is 0.352. The third kappa shape index (κ3) is 4.20. The fraction of sp³-hybridized carbons (Fsp3) is 0.222. The van der Waals surface area contributed by atoms with Crippen LogP contribution in [0.5, 0.6) is 0 Å². The summed E-state index contributed by atoms with van der Waals surface area (Å²) in [6.45, 7) is 2.06. The molecule has 0 spiro atoms. The molecular formula is C18H21BrN2O2. The van der Waals surface area contributed by atoms with Crippen LogP contribution in [0.3, 0.4) is 0 Å². The van der Waals surface area contributed by atoms with Gasteiger partial charge in [0.1, 0.15) is 5.41 Å². The highest BCUT2D eigenvalue weighted by Crippen LogP contribution is 2.36. The maximum atomic E-state index is 12.2. The predicted octanol–water partition coefficient (Wildman–Crippen LogP) is 3.40. The number of benzene rings is 2. The summed E-state index contributed by atoms with van der Waals surface area (Å²) in [5, 5.41) is 10.0. The Hall–Kier alpha value is -2.14. The van der Waals surface area contributed by atoms with E-state index in [4.69, 9.17) is 5.73 Å². The second-order valence-electron chi connectivity index (χ2n) is 5.22. The molecule has 5 heteroatoms. The number of amidine groups is 1. The van der Waals surface area contributed by atoms with Crippen molar-refractivity contribution < 1.29 is 9.90 Å². The molecule has 23 heavy (non-hydrogen) atoms. The van der Waals surface area contributed by atoms with E-state index in [1.165, 1.54) is 0 Å². The summed E-state index contributed by atoms with van der Waals surface area (Å²) in [4.78, 5) is 16.4. The summed E-state index contributed by atoms with van der Waals surface area (Å²) < 4.78 is 0. The van der Waals surface area contributed by atoms with Gasteiger partial charge in [0.25, 0.3) is 0 Å². The van der Waals surface area contributed by atoms with Gasteiger partial charge in [-0.25, -0.2) is 0 Å². The average Bonchev–Trinajstić information content (AvgIpc) is 2.53. The lowest BCUT2D eigenvalue weighted by Gasteiger charge is -2.30. The van der Waals surface area contributed by atoms with E-state index >= 15 is 0 Å². The van der Waals surface area contributed by atoms with Crippen molar-refractivity contribution in [1.82, 2.24) is 0 Å². The van der Waals surface area contributed by atoms with Crippen molar-refractivity contribution in [2.24, 2.45) is 10.7 Å². The second-order valence-corrected chi connectivity index (χ2v) is 5.22. The minimum Gasteiger partial charge on any atom is -0.480 e. The third-order valence-corrected chi connectivity index (χ3v) is 3.75. The van der Waals surface area contributed by atoms with E-state index in [2.05, 4.69) is 4.99 Å². The van der Waals surface area contributed by atoms with Gasteiger partial charge in [0.05, 0.1) is 5.84 Å². The number of rotatable bonds is 6. The standard InChI is InChI=1S/C18H20N2O2.BrH/c1-14(19)20-13-12-18(17(21)22,15-8-4-2-5-9-15)16-10-6-3-7-11-16;/h2-11H,12-13H2,1H3,(H2,19,20)(H,21,22);1H. The highest BCUT2D eigenvalue weighted by atomic mass is 79.9. The van der Waals surface area contributed by atoms with Crippen LogP contribution in [0.1, 0.15) is 24.5 Å². The van der Waals surface area contributed by atoms with Crippen LogP contribution in [0.4, 0.5) is 0 Å². The molecule has 0 aliphatic rings. The molecule has 2 aromatic carbocycles. The molecule has 4 nitrogen and oxygen atoms in total. The van der Waals surface area contributed by atoms with E-state index in [1.807, 2.05) is 60.7 Å². The SMILES string of the molecule is Br.CC(N)=NCCC(C(=O)O)(c1ccccc1)c1ccccc1. The molecule has 0 unspecified atom stereocenters. The fourth-order valence-corrected chi connectivity index (χ4v) is 2.65. The summed E-state index contributed by atoms with van der Waals surface area (Å²) in [6, 6.07) is 18.6. The molecule has 0 fully saturated rings. The third-order valence-electron chi connectivity index (χ3n) is 3.75. The summed E-state index contributed by atoms with van der Waals surface area (Å²) >= 11 is 0. The first-order valence-electron chi connectivity index (χ1n) is 7.18. The molecule has 0 bridgehead atoms. The predicted molar refractivity (Wildman–Crippen MR) is 98.4 cm³/mol. The van der Waals surface area contributed by atoms with Crippen molar-refractivity contribution in [2.75, 3.05) is 6.54 Å². The first-order valence-corrected chi connectivity index (χ1v) is 7.18. The zero-order valence-electron chi connectivity index (χ0n) is 13.0. The molecule has 0 heterocycles. The molecule has 0 aliphatic carbocycles. The number of nitrogens with two attached hydrogens (primary N) is 1. The van der Waals surface area contributed by atoms with Gasteiger partial charge < -0.3 is 10.8 Å². The molecule has 3 N–H and O–H groups in total. The molecule has 122 valence electrons. The molecule has 0 saturated heterocycles. The molecule has 2 aromatic rings. The Bertz CT molecular complexity index is 614.